The summed E-state index contributed by atoms with van der Waals surface area (Å²) >= 11 is 1.46. The number of rotatable bonds is 4. The number of hydrogen-bond donors (Lipinski definition) is 1. The fourth-order valence-electron chi connectivity index (χ4n) is 2.50. The number of H-pyrrole nitrogens is 1. The van der Waals surface area contributed by atoms with E-state index in [9.17, 15) is 0 Å². The minimum atomic E-state index is 0.501. The summed E-state index contributed by atoms with van der Waals surface area (Å²) < 4.78 is 5.77. The number of nitrogens with zero attached hydrogens (tertiary/aromatic N) is 3. The lowest BCUT2D eigenvalue weighted by Crippen LogP contribution is -1.82. The molecule has 4 rings (SSSR count). The van der Waals surface area contributed by atoms with E-state index >= 15 is 0 Å². The molecule has 0 spiro atoms. The van der Waals surface area contributed by atoms with E-state index in [2.05, 4.69) is 21.3 Å². The predicted octanol–water partition coefficient (Wildman–Crippen LogP) is 4.38. The zero-order chi connectivity index (χ0) is 16.4. The van der Waals surface area contributed by atoms with Crippen LogP contribution in [0.5, 0.6) is 0 Å². The minimum Gasteiger partial charge on any atom is -0.411 e. The van der Waals surface area contributed by atoms with Crippen molar-refractivity contribution in [1.82, 2.24) is 15.2 Å². The van der Waals surface area contributed by atoms with Crippen LogP contribution >= 0.6 is 11.8 Å². The molecule has 2 aromatic carbocycles. The van der Waals surface area contributed by atoms with Crippen molar-refractivity contribution in [2.45, 2.75) is 11.0 Å². The molecule has 1 N–H and O–H groups in total. The molecule has 0 radical (unpaired) electrons. The largest absolute Gasteiger partial charge is 0.411 e. The van der Waals surface area contributed by atoms with Crippen LogP contribution in [-0.4, -0.2) is 15.2 Å². The lowest BCUT2D eigenvalue weighted by Gasteiger charge is -1.98. The molecular formula is C18H12N4OS. The zero-order valence-corrected chi connectivity index (χ0v) is 13.4. The molecule has 24 heavy (non-hydrogen) atoms. The third-order valence-electron chi connectivity index (χ3n) is 3.64. The van der Waals surface area contributed by atoms with Gasteiger partial charge < -0.3 is 9.40 Å². The molecule has 0 amide bonds. The van der Waals surface area contributed by atoms with E-state index in [1.165, 1.54) is 11.8 Å². The molecule has 0 saturated carbocycles. The van der Waals surface area contributed by atoms with Crippen LogP contribution < -0.4 is 0 Å². The number of benzene rings is 2. The first-order valence-corrected chi connectivity index (χ1v) is 8.34. The van der Waals surface area contributed by atoms with Crippen LogP contribution in [0.4, 0.5) is 0 Å². The van der Waals surface area contributed by atoms with Crippen molar-refractivity contribution in [2.24, 2.45) is 0 Å². The average molecular weight is 332 g/mol. The van der Waals surface area contributed by atoms with E-state index in [1.54, 1.807) is 6.07 Å². The maximum absolute atomic E-state index is 8.94. The van der Waals surface area contributed by atoms with Gasteiger partial charge >= 0.3 is 0 Å². The molecule has 2 aromatic heterocycles. The zero-order valence-electron chi connectivity index (χ0n) is 12.6. The highest BCUT2D eigenvalue weighted by atomic mass is 32.2. The molecule has 0 aliphatic rings. The van der Waals surface area contributed by atoms with Gasteiger partial charge in [0.1, 0.15) is 0 Å². The lowest BCUT2D eigenvalue weighted by molar-refractivity contribution is 0.466. The molecule has 2 heterocycles. The number of hydrogen-bond acceptors (Lipinski definition) is 5. The Labute approximate surface area is 142 Å². The number of fused-ring (bicyclic) bond motifs is 1. The molecule has 0 aliphatic carbocycles. The molecule has 0 atom stereocenters. The summed E-state index contributed by atoms with van der Waals surface area (Å²) in [6, 6.07) is 17.6. The van der Waals surface area contributed by atoms with Crippen molar-refractivity contribution in [1.29, 1.82) is 5.26 Å². The summed E-state index contributed by atoms with van der Waals surface area (Å²) in [6.07, 6.45) is 1.88. The Morgan fingerprint density at radius 3 is 2.96 bits per heavy atom. The second-order valence-corrected chi connectivity index (χ2v) is 6.15. The Bertz CT molecular complexity index is 1040. The fraction of sp³-hybridized carbons (Fsp3) is 0.0556. The average Bonchev–Trinajstić information content (AvgIpc) is 3.26. The van der Waals surface area contributed by atoms with Gasteiger partial charge in [-0.25, -0.2) is 0 Å². The first-order chi connectivity index (χ1) is 11.8. The third-order valence-corrected chi connectivity index (χ3v) is 4.53. The molecule has 116 valence electrons. The summed E-state index contributed by atoms with van der Waals surface area (Å²) in [5, 5.41) is 18.8. The number of nitrogens with one attached hydrogen (secondary N) is 1. The van der Waals surface area contributed by atoms with Crippen molar-refractivity contribution in [3.05, 3.63) is 65.9 Å². The van der Waals surface area contributed by atoms with Crippen molar-refractivity contribution < 1.29 is 4.42 Å². The quantitative estimate of drug-likeness (QED) is 0.561. The highest BCUT2D eigenvalue weighted by Crippen LogP contribution is 2.30. The summed E-state index contributed by atoms with van der Waals surface area (Å²) in [5.41, 5.74) is 3.63. The van der Waals surface area contributed by atoms with Gasteiger partial charge in [0.25, 0.3) is 11.1 Å². The van der Waals surface area contributed by atoms with E-state index in [-0.39, 0.29) is 0 Å². The van der Waals surface area contributed by atoms with Crippen LogP contribution in [0.2, 0.25) is 0 Å². The van der Waals surface area contributed by atoms with Crippen LogP contribution in [0.1, 0.15) is 11.1 Å². The molecule has 0 aliphatic heterocycles. The van der Waals surface area contributed by atoms with Gasteiger partial charge in [0.05, 0.1) is 17.2 Å². The first-order valence-electron chi connectivity index (χ1n) is 7.35. The molecule has 6 heteroatoms. The third kappa shape index (κ3) is 2.77. The molecule has 4 aromatic rings. The Kier molecular flexibility index (Phi) is 3.77. The van der Waals surface area contributed by atoms with Crippen LogP contribution in [0.3, 0.4) is 0 Å². The maximum Gasteiger partial charge on any atom is 0.277 e. The molecule has 0 bridgehead atoms. The van der Waals surface area contributed by atoms with E-state index in [4.69, 9.17) is 9.68 Å². The summed E-state index contributed by atoms with van der Waals surface area (Å²) in [5.74, 6) is 1.17. The van der Waals surface area contributed by atoms with E-state index in [0.29, 0.717) is 22.4 Å². The normalized spacial score (nSPS) is 10.8. The van der Waals surface area contributed by atoms with Gasteiger partial charge in [-0.1, -0.05) is 42.1 Å². The van der Waals surface area contributed by atoms with Gasteiger partial charge in [0.2, 0.25) is 0 Å². The Balaban J connectivity index is 1.54. The van der Waals surface area contributed by atoms with Gasteiger partial charge in [-0.15, -0.1) is 10.2 Å². The Morgan fingerprint density at radius 1 is 1.12 bits per heavy atom. The number of para-hydroxylation sites is 1. The molecular weight excluding hydrogens is 320 g/mol. The van der Waals surface area contributed by atoms with Gasteiger partial charge in [0, 0.05) is 22.9 Å². The lowest BCUT2D eigenvalue weighted by atomic mass is 10.2. The predicted molar refractivity (Wildman–Crippen MR) is 92.3 cm³/mol. The van der Waals surface area contributed by atoms with Crippen LogP contribution in [0, 0.1) is 11.3 Å². The maximum atomic E-state index is 8.94. The highest BCUT2D eigenvalue weighted by molar-refractivity contribution is 7.98. The molecule has 5 nitrogen and oxygen atoms in total. The van der Waals surface area contributed by atoms with Crippen LogP contribution in [-0.2, 0) is 5.75 Å². The van der Waals surface area contributed by atoms with Crippen molar-refractivity contribution in [2.75, 3.05) is 0 Å². The SMILES string of the molecule is N#Cc1cccc(CSc2nnc(-c3c[nH]c4ccccc34)o2)c1. The van der Waals surface area contributed by atoms with Crippen molar-refractivity contribution >= 4 is 22.7 Å². The standard InChI is InChI=1S/C18H12N4OS/c19-9-12-4-3-5-13(8-12)11-24-18-22-21-17(23-18)15-10-20-16-7-2-1-6-14(15)16/h1-8,10,20H,11H2. The number of thioether (sulfide) groups is 1. The van der Waals surface area contributed by atoms with Crippen LogP contribution in [0.15, 0.2) is 64.4 Å². The minimum absolute atomic E-state index is 0.501. The van der Waals surface area contributed by atoms with E-state index in [0.717, 1.165) is 22.0 Å². The Hall–Kier alpha value is -3.04. The highest BCUT2D eigenvalue weighted by Gasteiger charge is 2.13. The second-order valence-electron chi connectivity index (χ2n) is 5.22. The summed E-state index contributed by atoms with van der Waals surface area (Å²) in [4.78, 5) is 3.20. The fourth-order valence-corrected chi connectivity index (χ4v) is 3.21. The molecule has 0 unspecified atom stereocenters. The molecule has 0 fully saturated rings. The number of nitriles is 1. The first kappa shape index (κ1) is 14.5. The van der Waals surface area contributed by atoms with Crippen molar-refractivity contribution in [3.63, 3.8) is 0 Å². The number of aromatic nitrogens is 3. The second kappa shape index (κ2) is 6.22. The van der Waals surface area contributed by atoms with Gasteiger partial charge in [-0.05, 0) is 23.8 Å². The summed E-state index contributed by atoms with van der Waals surface area (Å²) in [6.45, 7) is 0. The van der Waals surface area contributed by atoms with Gasteiger partial charge in [-0.3, -0.25) is 0 Å². The van der Waals surface area contributed by atoms with E-state index in [1.807, 2.05) is 48.7 Å². The number of aromatic amines is 1. The summed E-state index contributed by atoms with van der Waals surface area (Å²) in [7, 11) is 0. The topological polar surface area (TPSA) is 78.5 Å². The van der Waals surface area contributed by atoms with Crippen molar-refractivity contribution in [3.8, 4) is 17.5 Å². The van der Waals surface area contributed by atoms with Gasteiger partial charge in [0.15, 0.2) is 0 Å². The monoisotopic (exact) mass is 332 g/mol. The van der Waals surface area contributed by atoms with Crippen LogP contribution in [0.25, 0.3) is 22.4 Å². The molecule has 0 saturated heterocycles. The smallest absolute Gasteiger partial charge is 0.277 e. The van der Waals surface area contributed by atoms with Gasteiger partial charge in [-0.2, -0.15) is 5.26 Å². The van der Waals surface area contributed by atoms with E-state index < -0.39 is 0 Å². The Morgan fingerprint density at radius 2 is 2.04 bits per heavy atom.